The molecule has 60 heavy (non-hydrogen) atoms. The molecule has 0 rings (SSSR count). The van der Waals surface area contributed by atoms with Crippen LogP contribution in [0, 0.1) is 41.4 Å². The van der Waals surface area contributed by atoms with Crippen molar-refractivity contribution in [3.05, 3.63) is 0 Å². The minimum atomic E-state index is 0.873. The Labute approximate surface area is 384 Å². The van der Waals surface area contributed by atoms with Gasteiger partial charge < -0.3 is 0 Å². The fourth-order valence-corrected chi connectivity index (χ4v) is 10.8. The van der Waals surface area contributed by atoms with Gasteiger partial charge in [0.2, 0.25) is 0 Å². The zero-order chi connectivity index (χ0) is 44.2. The summed E-state index contributed by atoms with van der Waals surface area (Å²) in [6.45, 7) is 21.9. The van der Waals surface area contributed by atoms with Gasteiger partial charge in [0.05, 0.1) is 0 Å². The molecule has 5 atom stereocenters. The van der Waals surface area contributed by atoms with Crippen LogP contribution in [0.5, 0.6) is 0 Å². The van der Waals surface area contributed by atoms with Crippen LogP contribution in [0.1, 0.15) is 345 Å². The summed E-state index contributed by atoms with van der Waals surface area (Å²) in [5, 5.41) is 0. The molecule has 0 radical (unpaired) electrons. The van der Waals surface area contributed by atoms with Crippen molar-refractivity contribution in [1.82, 2.24) is 0 Å². The van der Waals surface area contributed by atoms with Crippen molar-refractivity contribution in [1.29, 1.82) is 0 Å². The SMILES string of the molecule is CCCC(CCCCCCCCCCCCCC(CCCCCCCCCCCCC(C)CCCCCCCCCCCCC(CC)C(C)C)C(C)C)CCCC(C)CC. The van der Waals surface area contributed by atoms with E-state index >= 15 is 0 Å². The largest absolute Gasteiger partial charge is 0.0654 e. The Hall–Kier alpha value is 0. The first-order valence-corrected chi connectivity index (χ1v) is 29.2. The monoisotopic (exact) mass is 843 g/mol. The minimum absolute atomic E-state index is 0.873. The molecule has 0 fully saturated rings. The van der Waals surface area contributed by atoms with Gasteiger partial charge in [0.1, 0.15) is 0 Å². The quantitative estimate of drug-likeness (QED) is 0.0535. The van der Waals surface area contributed by atoms with Gasteiger partial charge in [-0.15, -0.1) is 0 Å². The molecule has 0 aliphatic heterocycles. The number of rotatable bonds is 50. The van der Waals surface area contributed by atoms with E-state index in [1.54, 1.807) is 0 Å². The van der Waals surface area contributed by atoms with E-state index in [0.29, 0.717) is 0 Å². The van der Waals surface area contributed by atoms with Crippen LogP contribution >= 0.6 is 0 Å². The molecule has 0 saturated carbocycles. The van der Waals surface area contributed by atoms with E-state index in [1.165, 1.54) is 283 Å². The van der Waals surface area contributed by atoms with Crippen molar-refractivity contribution >= 4 is 0 Å². The standard InChI is InChI=1S/C60H122/c1-10-45-58(50-44-48-56(8)11-2)49-40-34-28-22-14-13-15-24-30-36-42-52-60(55(6)7)53-43-37-31-25-19-17-21-27-33-39-47-57(9)46-38-32-26-20-16-18-23-29-35-41-51-59(12-3)54(4)5/h54-60H,10-53H2,1-9H3. The first-order chi connectivity index (χ1) is 29.2. The highest BCUT2D eigenvalue weighted by Gasteiger charge is 2.13. The fraction of sp³-hybridized carbons (Fsp3) is 1.00. The third-order valence-corrected chi connectivity index (χ3v) is 15.8. The molecular weight excluding hydrogens is 721 g/mol. The minimum Gasteiger partial charge on any atom is -0.0654 e. The Bertz CT molecular complexity index is 779. The molecular formula is C60H122. The zero-order valence-electron chi connectivity index (χ0n) is 44.2. The van der Waals surface area contributed by atoms with Crippen LogP contribution in [0.4, 0.5) is 0 Å². The highest BCUT2D eigenvalue weighted by atomic mass is 14.2. The molecule has 362 valence electrons. The number of hydrogen-bond donors (Lipinski definition) is 0. The maximum Gasteiger partial charge on any atom is -0.0391 e. The first-order valence-electron chi connectivity index (χ1n) is 29.2. The van der Waals surface area contributed by atoms with Gasteiger partial charge in [0.15, 0.2) is 0 Å². The van der Waals surface area contributed by atoms with Crippen LogP contribution in [-0.4, -0.2) is 0 Å². The number of unbranched alkanes of at least 4 members (excludes halogenated alkanes) is 28. The van der Waals surface area contributed by atoms with E-state index in [1.807, 2.05) is 0 Å². The van der Waals surface area contributed by atoms with Crippen LogP contribution in [0.25, 0.3) is 0 Å². The van der Waals surface area contributed by atoms with Crippen molar-refractivity contribution in [3.63, 3.8) is 0 Å². The predicted octanol–water partition coefficient (Wildman–Crippen LogP) is 22.6. The summed E-state index contributed by atoms with van der Waals surface area (Å²) in [6.07, 6.45) is 64.9. The maximum atomic E-state index is 2.52. The van der Waals surface area contributed by atoms with Gasteiger partial charge in [0.25, 0.3) is 0 Å². The maximum absolute atomic E-state index is 2.52. The van der Waals surface area contributed by atoms with Gasteiger partial charge in [-0.25, -0.2) is 0 Å². The highest BCUT2D eigenvalue weighted by Crippen LogP contribution is 2.28. The molecule has 0 saturated heterocycles. The Morgan fingerprint density at radius 2 is 0.483 bits per heavy atom. The van der Waals surface area contributed by atoms with Crippen LogP contribution in [0.3, 0.4) is 0 Å². The summed E-state index contributed by atoms with van der Waals surface area (Å²) in [4.78, 5) is 0. The average Bonchev–Trinajstić information content (AvgIpc) is 3.23. The lowest BCUT2D eigenvalue weighted by Crippen LogP contribution is -2.08. The van der Waals surface area contributed by atoms with E-state index < -0.39 is 0 Å². The van der Waals surface area contributed by atoms with Gasteiger partial charge in [-0.05, 0) is 41.4 Å². The van der Waals surface area contributed by atoms with Gasteiger partial charge >= 0.3 is 0 Å². The normalized spacial score (nSPS) is 14.7. The van der Waals surface area contributed by atoms with Crippen molar-refractivity contribution in [2.75, 3.05) is 0 Å². The molecule has 5 unspecified atom stereocenters. The molecule has 0 aliphatic rings. The van der Waals surface area contributed by atoms with Crippen molar-refractivity contribution in [2.24, 2.45) is 41.4 Å². The molecule has 0 spiro atoms. The fourth-order valence-electron chi connectivity index (χ4n) is 10.8. The summed E-state index contributed by atoms with van der Waals surface area (Å²) in [5.41, 5.74) is 0. The molecule has 0 aromatic heterocycles. The van der Waals surface area contributed by atoms with Crippen molar-refractivity contribution < 1.29 is 0 Å². The Balaban J connectivity index is 3.51. The average molecular weight is 844 g/mol. The van der Waals surface area contributed by atoms with E-state index in [0.717, 1.165) is 41.4 Å². The van der Waals surface area contributed by atoms with Gasteiger partial charge in [-0.2, -0.15) is 0 Å². The third-order valence-electron chi connectivity index (χ3n) is 15.8. The smallest absolute Gasteiger partial charge is 0.0391 e. The lowest BCUT2D eigenvalue weighted by atomic mass is 9.85. The van der Waals surface area contributed by atoms with Gasteiger partial charge in [-0.1, -0.05) is 345 Å². The molecule has 0 nitrogen and oxygen atoms in total. The van der Waals surface area contributed by atoms with Crippen LogP contribution < -0.4 is 0 Å². The Morgan fingerprint density at radius 3 is 0.783 bits per heavy atom. The molecule has 0 N–H and O–H groups in total. The molecule has 0 bridgehead atoms. The van der Waals surface area contributed by atoms with Crippen molar-refractivity contribution in [3.8, 4) is 0 Å². The molecule has 0 heterocycles. The predicted molar refractivity (Wildman–Crippen MR) is 279 cm³/mol. The second-order valence-corrected chi connectivity index (χ2v) is 22.3. The summed E-state index contributed by atoms with van der Waals surface area (Å²) in [5.74, 6) is 6.58. The lowest BCUT2D eigenvalue weighted by molar-refractivity contribution is 0.312. The summed E-state index contributed by atoms with van der Waals surface area (Å²) >= 11 is 0. The molecule has 0 aliphatic carbocycles. The second kappa shape index (κ2) is 47.0. The molecule has 0 amide bonds. The number of hydrogen-bond acceptors (Lipinski definition) is 0. The van der Waals surface area contributed by atoms with E-state index in [9.17, 15) is 0 Å². The van der Waals surface area contributed by atoms with Gasteiger partial charge in [0, 0.05) is 0 Å². The summed E-state index contributed by atoms with van der Waals surface area (Å²) in [6, 6.07) is 0. The molecule has 0 aromatic rings. The first kappa shape index (κ1) is 60.0. The molecule has 0 heteroatoms. The topological polar surface area (TPSA) is 0 Å². The Kier molecular flexibility index (Phi) is 47.0. The summed E-state index contributed by atoms with van der Waals surface area (Å²) < 4.78 is 0. The highest BCUT2D eigenvalue weighted by molar-refractivity contribution is 4.66. The van der Waals surface area contributed by atoms with Crippen molar-refractivity contribution in [2.45, 2.75) is 345 Å². The zero-order valence-corrected chi connectivity index (χ0v) is 44.2. The van der Waals surface area contributed by atoms with Crippen LogP contribution in [0.15, 0.2) is 0 Å². The molecule has 0 aromatic carbocycles. The Morgan fingerprint density at radius 1 is 0.217 bits per heavy atom. The van der Waals surface area contributed by atoms with E-state index in [2.05, 4.69) is 62.3 Å². The summed E-state index contributed by atoms with van der Waals surface area (Å²) in [7, 11) is 0. The third kappa shape index (κ3) is 42.0. The van der Waals surface area contributed by atoms with Crippen LogP contribution in [0.2, 0.25) is 0 Å². The van der Waals surface area contributed by atoms with E-state index in [-0.39, 0.29) is 0 Å². The van der Waals surface area contributed by atoms with E-state index in [4.69, 9.17) is 0 Å². The van der Waals surface area contributed by atoms with Gasteiger partial charge in [-0.3, -0.25) is 0 Å². The lowest BCUT2D eigenvalue weighted by Gasteiger charge is -2.20. The van der Waals surface area contributed by atoms with Crippen LogP contribution in [-0.2, 0) is 0 Å². The second-order valence-electron chi connectivity index (χ2n) is 22.3.